The standard InChI is InChI=1S/C15H13N3O3S/c19-14(18-16-8-10-5-6-21-9-10)7-13-15(20)17-11-3-1-2-4-12(11)22-13/h1-6,8-9,13H,7H2,(H,17,20)(H,18,19). The summed E-state index contributed by atoms with van der Waals surface area (Å²) in [6.07, 6.45) is 4.57. The lowest BCUT2D eigenvalue weighted by molar-refractivity contribution is -0.124. The smallest absolute Gasteiger partial charge is 0.241 e. The van der Waals surface area contributed by atoms with Gasteiger partial charge in [0.1, 0.15) is 0 Å². The van der Waals surface area contributed by atoms with E-state index in [9.17, 15) is 9.59 Å². The van der Waals surface area contributed by atoms with Crippen LogP contribution in [0.1, 0.15) is 12.0 Å². The number of rotatable bonds is 4. The molecule has 0 saturated carbocycles. The Bertz CT molecular complexity index is 713. The van der Waals surface area contributed by atoms with E-state index >= 15 is 0 Å². The fourth-order valence-electron chi connectivity index (χ4n) is 1.97. The van der Waals surface area contributed by atoms with E-state index in [0.717, 1.165) is 16.1 Å². The molecule has 2 aromatic rings. The molecule has 1 unspecified atom stereocenters. The Kier molecular flexibility index (Phi) is 4.24. The molecule has 2 amide bonds. The van der Waals surface area contributed by atoms with E-state index in [4.69, 9.17) is 4.42 Å². The molecule has 2 heterocycles. The molecule has 1 aliphatic heterocycles. The molecule has 0 fully saturated rings. The lowest BCUT2D eigenvalue weighted by atomic mass is 10.2. The number of nitrogens with zero attached hydrogens (tertiary/aromatic N) is 1. The number of anilines is 1. The number of hydrogen-bond donors (Lipinski definition) is 2. The first-order valence-corrected chi connectivity index (χ1v) is 7.51. The maximum Gasteiger partial charge on any atom is 0.241 e. The summed E-state index contributed by atoms with van der Waals surface area (Å²) < 4.78 is 4.88. The number of furan rings is 1. The molecule has 1 atom stereocenters. The fourth-order valence-corrected chi connectivity index (χ4v) is 3.08. The largest absolute Gasteiger partial charge is 0.472 e. The van der Waals surface area contributed by atoms with E-state index in [1.165, 1.54) is 30.5 Å². The van der Waals surface area contributed by atoms with Crippen molar-refractivity contribution in [3.8, 4) is 0 Å². The van der Waals surface area contributed by atoms with Crippen molar-refractivity contribution < 1.29 is 14.0 Å². The lowest BCUT2D eigenvalue weighted by Gasteiger charge is -2.23. The quantitative estimate of drug-likeness (QED) is 0.669. The lowest BCUT2D eigenvalue weighted by Crippen LogP contribution is -2.33. The van der Waals surface area contributed by atoms with Gasteiger partial charge in [-0.3, -0.25) is 9.59 Å². The van der Waals surface area contributed by atoms with Crippen molar-refractivity contribution in [1.29, 1.82) is 0 Å². The van der Waals surface area contributed by atoms with E-state index in [1.54, 1.807) is 6.07 Å². The van der Waals surface area contributed by atoms with Gasteiger partial charge in [0.25, 0.3) is 0 Å². The third-order valence-corrected chi connectivity index (χ3v) is 4.30. The van der Waals surface area contributed by atoms with Gasteiger partial charge in [0.05, 0.1) is 29.7 Å². The Hall–Kier alpha value is -2.54. The van der Waals surface area contributed by atoms with Crippen molar-refractivity contribution in [3.05, 3.63) is 48.4 Å². The van der Waals surface area contributed by atoms with Crippen molar-refractivity contribution in [1.82, 2.24) is 5.43 Å². The van der Waals surface area contributed by atoms with Gasteiger partial charge in [-0.25, -0.2) is 5.43 Å². The number of carbonyl (C=O) groups excluding carboxylic acids is 2. The van der Waals surface area contributed by atoms with Crippen LogP contribution in [0.25, 0.3) is 0 Å². The number of nitrogens with one attached hydrogen (secondary N) is 2. The zero-order valence-corrected chi connectivity index (χ0v) is 12.3. The van der Waals surface area contributed by atoms with Crippen LogP contribution in [0.5, 0.6) is 0 Å². The Labute approximate surface area is 131 Å². The fraction of sp³-hybridized carbons (Fsp3) is 0.133. The van der Waals surface area contributed by atoms with E-state index in [2.05, 4.69) is 15.8 Å². The Morgan fingerprint density at radius 2 is 2.27 bits per heavy atom. The average Bonchev–Trinajstić information content (AvgIpc) is 3.01. The van der Waals surface area contributed by atoms with Crippen LogP contribution in [0.2, 0.25) is 0 Å². The van der Waals surface area contributed by atoms with E-state index in [-0.39, 0.29) is 18.2 Å². The van der Waals surface area contributed by atoms with Crippen LogP contribution in [-0.2, 0) is 9.59 Å². The molecule has 1 aliphatic rings. The molecule has 0 spiro atoms. The Morgan fingerprint density at radius 3 is 3.09 bits per heavy atom. The molecule has 0 aliphatic carbocycles. The van der Waals surface area contributed by atoms with Crippen molar-refractivity contribution in [3.63, 3.8) is 0 Å². The van der Waals surface area contributed by atoms with Gasteiger partial charge in [0, 0.05) is 16.9 Å². The van der Waals surface area contributed by atoms with Crippen molar-refractivity contribution >= 4 is 35.5 Å². The summed E-state index contributed by atoms with van der Waals surface area (Å²) in [5.41, 5.74) is 3.94. The first kappa shape index (κ1) is 14.4. The summed E-state index contributed by atoms with van der Waals surface area (Å²) in [4.78, 5) is 24.8. The molecule has 6 nitrogen and oxygen atoms in total. The number of fused-ring (bicyclic) bond motifs is 1. The van der Waals surface area contributed by atoms with E-state index in [1.807, 2.05) is 24.3 Å². The van der Waals surface area contributed by atoms with Gasteiger partial charge in [-0.05, 0) is 18.2 Å². The number of carbonyl (C=O) groups is 2. The highest BCUT2D eigenvalue weighted by molar-refractivity contribution is 8.01. The summed E-state index contributed by atoms with van der Waals surface area (Å²) in [7, 11) is 0. The molecule has 112 valence electrons. The molecule has 0 saturated heterocycles. The van der Waals surface area contributed by atoms with Crippen LogP contribution in [0, 0.1) is 0 Å². The number of thioether (sulfide) groups is 1. The van der Waals surface area contributed by atoms with Gasteiger partial charge < -0.3 is 9.73 Å². The van der Waals surface area contributed by atoms with Gasteiger partial charge >= 0.3 is 0 Å². The highest BCUT2D eigenvalue weighted by atomic mass is 32.2. The molecule has 1 aromatic carbocycles. The van der Waals surface area contributed by atoms with Crippen molar-refractivity contribution in [2.75, 3.05) is 5.32 Å². The SMILES string of the molecule is O=C(CC1Sc2ccccc2NC1=O)NN=Cc1ccoc1. The van der Waals surface area contributed by atoms with Crippen molar-refractivity contribution in [2.24, 2.45) is 5.10 Å². The van der Waals surface area contributed by atoms with Gasteiger partial charge in [0.15, 0.2) is 0 Å². The third-order valence-electron chi connectivity index (χ3n) is 3.02. The molecule has 3 rings (SSSR count). The zero-order chi connectivity index (χ0) is 15.4. The predicted molar refractivity (Wildman–Crippen MR) is 83.8 cm³/mol. The summed E-state index contributed by atoms with van der Waals surface area (Å²) >= 11 is 1.38. The first-order valence-electron chi connectivity index (χ1n) is 6.63. The molecule has 2 N–H and O–H groups in total. The molecule has 0 radical (unpaired) electrons. The molecule has 22 heavy (non-hydrogen) atoms. The topological polar surface area (TPSA) is 83.7 Å². The maximum atomic E-state index is 12.0. The van der Waals surface area contributed by atoms with Crippen LogP contribution in [0.15, 0.2) is 57.3 Å². The van der Waals surface area contributed by atoms with Crippen molar-refractivity contribution in [2.45, 2.75) is 16.6 Å². The Balaban J connectivity index is 1.57. The monoisotopic (exact) mass is 315 g/mol. The number of amides is 2. The average molecular weight is 315 g/mol. The minimum absolute atomic E-state index is 0.0631. The first-order chi connectivity index (χ1) is 10.7. The number of hydrazone groups is 1. The summed E-state index contributed by atoms with van der Waals surface area (Å²) in [6, 6.07) is 9.23. The van der Waals surface area contributed by atoms with Gasteiger partial charge in [0.2, 0.25) is 11.8 Å². The number of hydrogen-bond acceptors (Lipinski definition) is 5. The van der Waals surface area contributed by atoms with Crippen LogP contribution >= 0.6 is 11.8 Å². The molecule has 1 aromatic heterocycles. The molecular weight excluding hydrogens is 302 g/mol. The molecule has 7 heteroatoms. The zero-order valence-electron chi connectivity index (χ0n) is 11.5. The Morgan fingerprint density at radius 1 is 1.41 bits per heavy atom. The van der Waals surface area contributed by atoms with Gasteiger partial charge in [-0.15, -0.1) is 11.8 Å². The maximum absolute atomic E-state index is 12.0. The minimum Gasteiger partial charge on any atom is -0.472 e. The van der Waals surface area contributed by atoms with Crippen LogP contribution < -0.4 is 10.7 Å². The van der Waals surface area contributed by atoms with Crippen LogP contribution in [0.3, 0.4) is 0 Å². The molecule has 0 bridgehead atoms. The second-order valence-electron chi connectivity index (χ2n) is 4.65. The van der Waals surface area contributed by atoms with E-state index in [0.29, 0.717) is 0 Å². The summed E-state index contributed by atoms with van der Waals surface area (Å²) in [5.74, 6) is -0.482. The molecular formula is C15H13N3O3S. The predicted octanol–water partition coefficient (Wildman–Crippen LogP) is 2.23. The highest BCUT2D eigenvalue weighted by Gasteiger charge is 2.28. The summed E-state index contributed by atoms with van der Waals surface area (Å²) in [6.45, 7) is 0. The highest BCUT2D eigenvalue weighted by Crippen LogP contribution is 2.36. The van der Waals surface area contributed by atoms with E-state index < -0.39 is 5.25 Å². The normalized spacial score (nSPS) is 17.1. The number of para-hydroxylation sites is 1. The minimum atomic E-state index is -0.459. The summed E-state index contributed by atoms with van der Waals surface area (Å²) in [5, 5.41) is 6.17. The second-order valence-corrected chi connectivity index (χ2v) is 5.89. The van der Waals surface area contributed by atoms with Gasteiger partial charge in [-0.2, -0.15) is 5.10 Å². The van der Waals surface area contributed by atoms with Crippen LogP contribution in [-0.4, -0.2) is 23.3 Å². The number of benzene rings is 1. The second kappa shape index (κ2) is 6.48. The third kappa shape index (κ3) is 3.37. The van der Waals surface area contributed by atoms with Gasteiger partial charge in [-0.1, -0.05) is 12.1 Å². The van der Waals surface area contributed by atoms with Crippen LogP contribution in [0.4, 0.5) is 5.69 Å².